The van der Waals surface area contributed by atoms with Crippen LogP contribution in [0.5, 0.6) is 0 Å². The second kappa shape index (κ2) is 3.74. The Morgan fingerprint density at radius 3 is 2.44 bits per heavy atom. The molecule has 3 aromatic rings. The van der Waals surface area contributed by atoms with E-state index in [0.717, 1.165) is 5.69 Å². The molecule has 0 aliphatic heterocycles. The monoisotopic (exact) mass is 207 g/mol. The highest BCUT2D eigenvalue weighted by atomic mass is 15.0. The molecule has 0 spiro atoms. The number of hydrogen-bond donors (Lipinski definition) is 0. The molecule has 3 rings (SSSR count). The second-order valence-corrected chi connectivity index (χ2v) is 3.64. The first-order valence-corrected chi connectivity index (χ1v) is 5.25. The average Bonchev–Trinajstić information content (AvgIpc) is 2.39. The molecule has 0 N–H and O–H groups in total. The first-order valence-electron chi connectivity index (χ1n) is 5.25. The molecule has 0 radical (unpaired) electrons. The summed E-state index contributed by atoms with van der Waals surface area (Å²) in [5.41, 5.74) is 2.34. The van der Waals surface area contributed by atoms with Crippen molar-refractivity contribution in [1.82, 2.24) is 4.98 Å². The van der Waals surface area contributed by atoms with Gasteiger partial charge in [-0.3, -0.25) is 4.98 Å². The van der Waals surface area contributed by atoms with E-state index in [1.807, 2.05) is 24.5 Å². The maximum Gasteiger partial charge on any atom is 0.218 e. The van der Waals surface area contributed by atoms with Crippen LogP contribution in [0, 0.1) is 0 Å². The number of hydrogen-bond acceptors (Lipinski definition) is 1. The van der Waals surface area contributed by atoms with Crippen molar-refractivity contribution in [2.24, 2.45) is 0 Å². The summed E-state index contributed by atoms with van der Waals surface area (Å²) in [5.74, 6) is 0. The summed E-state index contributed by atoms with van der Waals surface area (Å²) >= 11 is 0. The van der Waals surface area contributed by atoms with Crippen LogP contribution in [0.1, 0.15) is 0 Å². The van der Waals surface area contributed by atoms with E-state index < -0.39 is 0 Å². The average molecular weight is 207 g/mol. The molecule has 0 saturated carbocycles. The highest BCUT2D eigenvalue weighted by Crippen LogP contribution is 2.10. The molecule has 0 saturated heterocycles. The van der Waals surface area contributed by atoms with Gasteiger partial charge in [-0.25, -0.2) is 0 Å². The second-order valence-electron chi connectivity index (χ2n) is 3.64. The first kappa shape index (κ1) is 9.04. The number of benzene rings is 1. The van der Waals surface area contributed by atoms with Crippen molar-refractivity contribution in [2.45, 2.75) is 0 Å². The molecule has 0 atom stereocenters. The van der Waals surface area contributed by atoms with Crippen molar-refractivity contribution < 1.29 is 4.57 Å². The van der Waals surface area contributed by atoms with Crippen molar-refractivity contribution in [1.29, 1.82) is 0 Å². The van der Waals surface area contributed by atoms with Gasteiger partial charge in [0.25, 0.3) is 0 Å². The van der Waals surface area contributed by atoms with Crippen LogP contribution in [0.25, 0.3) is 16.6 Å². The zero-order chi connectivity index (χ0) is 10.8. The lowest BCUT2D eigenvalue weighted by molar-refractivity contribution is -0.567. The maximum atomic E-state index is 4.04. The van der Waals surface area contributed by atoms with Crippen LogP contribution in [0.4, 0.5) is 0 Å². The predicted molar refractivity (Wildman–Crippen MR) is 63.3 cm³/mol. The van der Waals surface area contributed by atoms with Crippen molar-refractivity contribution in [2.75, 3.05) is 0 Å². The minimum atomic E-state index is 1.13. The lowest BCUT2D eigenvalue weighted by Gasteiger charge is -1.99. The van der Waals surface area contributed by atoms with Gasteiger partial charge in [0.2, 0.25) is 11.2 Å². The van der Waals surface area contributed by atoms with Gasteiger partial charge in [0.05, 0.1) is 0 Å². The van der Waals surface area contributed by atoms with E-state index >= 15 is 0 Å². The Morgan fingerprint density at radius 2 is 1.56 bits per heavy atom. The minimum Gasteiger partial charge on any atom is -0.264 e. The molecular formula is C14H11N2+. The molecule has 0 fully saturated rings. The molecule has 2 heteroatoms. The molecular weight excluding hydrogens is 196 g/mol. The van der Waals surface area contributed by atoms with Gasteiger partial charge in [-0.15, -0.1) is 0 Å². The topological polar surface area (TPSA) is 16.8 Å². The van der Waals surface area contributed by atoms with Gasteiger partial charge in [-0.1, -0.05) is 12.1 Å². The smallest absolute Gasteiger partial charge is 0.218 e. The van der Waals surface area contributed by atoms with Gasteiger partial charge in [0, 0.05) is 42.0 Å². The zero-order valence-corrected chi connectivity index (χ0v) is 8.75. The predicted octanol–water partition coefficient (Wildman–Crippen LogP) is 2.51. The highest BCUT2D eigenvalue weighted by molar-refractivity contribution is 5.75. The van der Waals surface area contributed by atoms with E-state index in [0.29, 0.717) is 0 Å². The van der Waals surface area contributed by atoms with Crippen LogP contribution >= 0.6 is 0 Å². The van der Waals surface area contributed by atoms with Crippen LogP contribution in [-0.2, 0) is 0 Å². The standard InChI is InChI=1S/C14H11N2/c1-2-6-14-12(4-1)5-3-11-16(14)13-7-9-15-10-8-13/h1-11H/q+1. The van der Waals surface area contributed by atoms with Crippen molar-refractivity contribution in [3.05, 3.63) is 67.1 Å². The fourth-order valence-electron chi connectivity index (χ4n) is 1.89. The lowest BCUT2D eigenvalue weighted by atomic mass is 10.2. The van der Waals surface area contributed by atoms with Crippen LogP contribution in [0.3, 0.4) is 0 Å². The SMILES string of the molecule is c1ccc2c(c1)ccc[n+]2-c1ccncc1. The number of aromatic nitrogens is 2. The van der Waals surface area contributed by atoms with Crippen molar-refractivity contribution in [3.63, 3.8) is 0 Å². The zero-order valence-electron chi connectivity index (χ0n) is 8.75. The summed E-state index contributed by atoms with van der Waals surface area (Å²) in [6, 6.07) is 16.5. The molecule has 0 unspecified atom stereocenters. The molecule has 0 bridgehead atoms. The van der Waals surface area contributed by atoms with Gasteiger partial charge in [0.15, 0.2) is 6.20 Å². The van der Waals surface area contributed by atoms with Crippen molar-refractivity contribution in [3.8, 4) is 5.69 Å². The summed E-state index contributed by atoms with van der Waals surface area (Å²) in [4.78, 5) is 4.04. The van der Waals surface area contributed by atoms with E-state index in [1.54, 1.807) is 0 Å². The fraction of sp³-hybridized carbons (Fsp3) is 0. The Kier molecular flexibility index (Phi) is 2.11. The summed E-state index contributed by atoms with van der Waals surface area (Å²) < 4.78 is 2.16. The normalized spacial score (nSPS) is 10.5. The molecule has 2 nitrogen and oxygen atoms in total. The van der Waals surface area contributed by atoms with Crippen LogP contribution in [-0.4, -0.2) is 4.98 Å². The van der Waals surface area contributed by atoms with Gasteiger partial charge in [-0.05, 0) is 12.1 Å². The molecule has 76 valence electrons. The number of nitrogens with zero attached hydrogens (tertiary/aromatic N) is 2. The molecule has 0 aliphatic rings. The number of rotatable bonds is 1. The Bertz CT molecular complexity index is 612. The van der Waals surface area contributed by atoms with Crippen LogP contribution in [0.15, 0.2) is 67.1 Å². The summed E-state index contributed by atoms with van der Waals surface area (Å²) in [7, 11) is 0. The van der Waals surface area contributed by atoms with Crippen LogP contribution in [0.2, 0.25) is 0 Å². The molecule has 2 aromatic heterocycles. The summed E-state index contributed by atoms with van der Waals surface area (Å²) in [5, 5.41) is 1.24. The molecule has 16 heavy (non-hydrogen) atoms. The summed E-state index contributed by atoms with van der Waals surface area (Å²) in [6.45, 7) is 0. The largest absolute Gasteiger partial charge is 0.264 e. The molecule has 2 heterocycles. The Labute approximate surface area is 93.8 Å². The number of para-hydroxylation sites is 1. The van der Waals surface area contributed by atoms with E-state index in [9.17, 15) is 0 Å². The van der Waals surface area contributed by atoms with E-state index in [1.165, 1.54) is 10.9 Å². The molecule has 1 aromatic carbocycles. The third-order valence-electron chi connectivity index (χ3n) is 2.65. The fourth-order valence-corrected chi connectivity index (χ4v) is 1.89. The minimum absolute atomic E-state index is 1.13. The van der Waals surface area contributed by atoms with E-state index in [4.69, 9.17) is 0 Å². The quantitative estimate of drug-likeness (QED) is 0.560. The first-order chi connectivity index (χ1) is 7.95. The maximum absolute atomic E-state index is 4.04. The lowest BCUT2D eigenvalue weighted by Crippen LogP contribution is -2.30. The van der Waals surface area contributed by atoms with Gasteiger partial charge in [0.1, 0.15) is 0 Å². The van der Waals surface area contributed by atoms with Gasteiger partial charge in [-0.2, -0.15) is 4.57 Å². The van der Waals surface area contributed by atoms with Gasteiger partial charge < -0.3 is 0 Å². The Morgan fingerprint density at radius 1 is 0.812 bits per heavy atom. The third kappa shape index (κ3) is 1.44. The Hall–Kier alpha value is -2.22. The number of pyridine rings is 2. The highest BCUT2D eigenvalue weighted by Gasteiger charge is 2.09. The van der Waals surface area contributed by atoms with Crippen molar-refractivity contribution >= 4 is 10.9 Å². The molecule has 0 aliphatic carbocycles. The summed E-state index contributed by atoms with van der Waals surface area (Å²) in [6.07, 6.45) is 5.69. The third-order valence-corrected chi connectivity index (χ3v) is 2.65. The van der Waals surface area contributed by atoms with E-state index in [2.05, 4.69) is 52.1 Å². The molecule has 0 amide bonds. The Balaban J connectivity index is 2.32. The van der Waals surface area contributed by atoms with Gasteiger partial charge >= 0.3 is 0 Å². The number of fused-ring (bicyclic) bond motifs is 1. The van der Waals surface area contributed by atoms with Crippen LogP contribution < -0.4 is 4.57 Å². The van der Waals surface area contributed by atoms with E-state index in [-0.39, 0.29) is 0 Å².